The van der Waals surface area contributed by atoms with Gasteiger partial charge in [-0.25, -0.2) is 9.37 Å². The number of nitrogens with zero attached hydrogens (tertiary/aromatic N) is 1. The maximum atomic E-state index is 13.5. The summed E-state index contributed by atoms with van der Waals surface area (Å²) in [7, 11) is 0. The minimum absolute atomic E-state index is 0.00762. The number of Topliss-reactive ketones (excluding diaryl/α,β-unsaturated/α-hetero) is 1. The van der Waals surface area contributed by atoms with E-state index in [1.54, 1.807) is 18.2 Å². The third-order valence-corrected chi connectivity index (χ3v) is 6.11. The highest BCUT2D eigenvalue weighted by atomic mass is 32.2. The van der Waals surface area contributed by atoms with E-state index in [-0.39, 0.29) is 22.6 Å². The van der Waals surface area contributed by atoms with Crippen molar-refractivity contribution >= 4 is 23.4 Å². The highest BCUT2D eigenvalue weighted by Crippen LogP contribution is 2.47. The molecule has 4 rings (SSSR count). The van der Waals surface area contributed by atoms with E-state index < -0.39 is 5.92 Å². The molecule has 2 heterocycles. The molecule has 2 aromatic rings. The van der Waals surface area contributed by atoms with E-state index in [2.05, 4.69) is 35.7 Å². The van der Waals surface area contributed by atoms with Gasteiger partial charge in [0.25, 0.3) is 5.56 Å². The summed E-state index contributed by atoms with van der Waals surface area (Å²) in [4.78, 5) is 33.5. The molecule has 1 unspecified atom stereocenters. The predicted molar refractivity (Wildman–Crippen MR) is 113 cm³/mol. The quantitative estimate of drug-likeness (QED) is 0.443. The van der Waals surface area contributed by atoms with Crippen LogP contribution in [-0.2, 0) is 4.79 Å². The fraction of sp³-hybridized carbons (Fsp3) is 0.318. The molecule has 1 atom stereocenters. The smallest absolute Gasteiger partial charge is 0.257 e. The number of carbonyl (C=O) groups excluding carboxylic acids is 1. The molecule has 1 aromatic carbocycles. The lowest BCUT2D eigenvalue weighted by atomic mass is 9.69. The van der Waals surface area contributed by atoms with Crippen LogP contribution in [0.25, 0.3) is 0 Å². The Balaban J connectivity index is 1.92. The molecule has 0 bridgehead atoms. The number of aromatic nitrogens is 2. The number of ketones is 1. The molecule has 0 saturated carbocycles. The molecule has 150 valence electrons. The first-order chi connectivity index (χ1) is 13.8. The lowest BCUT2D eigenvalue weighted by Gasteiger charge is -2.38. The summed E-state index contributed by atoms with van der Waals surface area (Å²) in [5.41, 5.74) is 2.00. The lowest BCUT2D eigenvalue weighted by molar-refractivity contribution is -0.118. The van der Waals surface area contributed by atoms with Crippen LogP contribution in [-0.4, -0.2) is 21.5 Å². The van der Waals surface area contributed by atoms with Crippen LogP contribution < -0.4 is 10.9 Å². The number of allylic oxidation sites excluding steroid dienone is 2. The Morgan fingerprint density at radius 1 is 1.28 bits per heavy atom. The Labute approximate surface area is 172 Å². The number of halogens is 1. The molecular weight excluding hydrogens is 389 g/mol. The van der Waals surface area contributed by atoms with Gasteiger partial charge in [0.1, 0.15) is 11.6 Å². The van der Waals surface area contributed by atoms with Gasteiger partial charge in [-0.05, 0) is 29.5 Å². The van der Waals surface area contributed by atoms with Crippen LogP contribution >= 0.6 is 11.8 Å². The third kappa shape index (κ3) is 3.67. The minimum atomic E-state index is -0.569. The van der Waals surface area contributed by atoms with Crippen molar-refractivity contribution in [3.05, 3.63) is 75.5 Å². The van der Waals surface area contributed by atoms with Crippen LogP contribution in [0.4, 0.5) is 10.2 Å². The van der Waals surface area contributed by atoms with Crippen molar-refractivity contribution in [3.63, 3.8) is 0 Å². The average Bonchev–Trinajstić information content (AvgIpc) is 2.64. The average molecular weight is 412 g/mol. The van der Waals surface area contributed by atoms with Gasteiger partial charge >= 0.3 is 0 Å². The van der Waals surface area contributed by atoms with Gasteiger partial charge in [0.05, 0.1) is 5.56 Å². The van der Waals surface area contributed by atoms with Crippen molar-refractivity contribution in [3.8, 4) is 0 Å². The summed E-state index contributed by atoms with van der Waals surface area (Å²) in [6.45, 7) is 7.79. The number of H-pyrrole nitrogens is 1. The van der Waals surface area contributed by atoms with Crippen LogP contribution in [0, 0.1) is 11.2 Å². The largest absolute Gasteiger partial charge is 0.343 e. The number of rotatable bonds is 4. The summed E-state index contributed by atoms with van der Waals surface area (Å²) in [6.07, 6.45) is 2.82. The van der Waals surface area contributed by atoms with Crippen molar-refractivity contribution in [1.82, 2.24) is 9.97 Å². The monoisotopic (exact) mass is 411 g/mol. The van der Waals surface area contributed by atoms with E-state index in [0.717, 1.165) is 5.70 Å². The first kappa shape index (κ1) is 19.6. The highest BCUT2D eigenvalue weighted by molar-refractivity contribution is 7.99. The zero-order chi connectivity index (χ0) is 20.8. The number of nitrogens with one attached hydrogen (secondary N) is 2. The lowest BCUT2D eigenvalue weighted by Crippen LogP contribution is -2.37. The molecule has 0 saturated heterocycles. The van der Waals surface area contributed by atoms with Gasteiger partial charge in [0.15, 0.2) is 10.9 Å². The Bertz CT molecular complexity index is 1090. The van der Waals surface area contributed by atoms with E-state index in [9.17, 15) is 14.0 Å². The fourth-order valence-electron chi connectivity index (χ4n) is 4.09. The third-order valence-electron chi connectivity index (χ3n) is 5.24. The molecule has 0 amide bonds. The van der Waals surface area contributed by atoms with Crippen molar-refractivity contribution in [2.45, 2.75) is 37.8 Å². The van der Waals surface area contributed by atoms with Gasteiger partial charge in [-0.15, -0.1) is 6.58 Å². The van der Waals surface area contributed by atoms with Gasteiger partial charge in [-0.1, -0.05) is 43.8 Å². The van der Waals surface area contributed by atoms with Gasteiger partial charge in [0, 0.05) is 29.4 Å². The second-order valence-corrected chi connectivity index (χ2v) is 9.18. The summed E-state index contributed by atoms with van der Waals surface area (Å²) in [5.74, 6) is 0.145. The van der Waals surface area contributed by atoms with Gasteiger partial charge < -0.3 is 10.3 Å². The van der Waals surface area contributed by atoms with Crippen LogP contribution in [0.5, 0.6) is 0 Å². The maximum Gasteiger partial charge on any atom is 0.257 e. The molecule has 7 heteroatoms. The maximum absolute atomic E-state index is 13.5. The van der Waals surface area contributed by atoms with Crippen molar-refractivity contribution in [2.75, 3.05) is 11.1 Å². The van der Waals surface area contributed by atoms with Gasteiger partial charge in [0.2, 0.25) is 0 Å². The summed E-state index contributed by atoms with van der Waals surface area (Å²) < 4.78 is 13.5. The van der Waals surface area contributed by atoms with E-state index in [1.165, 1.54) is 23.9 Å². The number of hydrogen-bond donors (Lipinski definition) is 2. The zero-order valence-electron chi connectivity index (χ0n) is 16.3. The highest BCUT2D eigenvalue weighted by Gasteiger charge is 2.42. The van der Waals surface area contributed by atoms with E-state index in [0.29, 0.717) is 46.3 Å². The number of hydrogen-bond acceptors (Lipinski definition) is 5. The normalized spacial score (nSPS) is 20.0. The summed E-state index contributed by atoms with van der Waals surface area (Å²) in [6, 6.07) is 5.97. The van der Waals surface area contributed by atoms with Crippen LogP contribution in [0.1, 0.15) is 43.7 Å². The summed E-state index contributed by atoms with van der Waals surface area (Å²) in [5, 5.41) is 3.76. The Hall–Kier alpha value is -2.67. The fourth-order valence-corrected chi connectivity index (χ4v) is 4.68. The first-order valence-electron chi connectivity index (χ1n) is 9.46. The molecule has 1 aromatic heterocycles. The molecule has 2 N–H and O–H groups in total. The number of fused-ring (bicyclic) bond motifs is 1. The van der Waals surface area contributed by atoms with Gasteiger partial charge in [-0.3, -0.25) is 9.59 Å². The molecule has 0 fully saturated rings. The molecule has 5 nitrogen and oxygen atoms in total. The Morgan fingerprint density at radius 3 is 2.69 bits per heavy atom. The number of carbonyl (C=O) groups is 1. The molecule has 29 heavy (non-hydrogen) atoms. The van der Waals surface area contributed by atoms with E-state index >= 15 is 0 Å². The minimum Gasteiger partial charge on any atom is -0.343 e. The van der Waals surface area contributed by atoms with Crippen molar-refractivity contribution in [1.29, 1.82) is 0 Å². The second-order valence-electron chi connectivity index (χ2n) is 8.18. The number of benzene rings is 1. The first-order valence-corrected chi connectivity index (χ1v) is 10.4. The molecule has 1 aliphatic heterocycles. The molecule has 0 spiro atoms. The molecule has 1 aliphatic carbocycles. The predicted octanol–water partition coefficient (Wildman–Crippen LogP) is 4.39. The van der Waals surface area contributed by atoms with Crippen molar-refractivity contribution in [2.24, 2.45) is 5.41 Å². The van der Waals surface area contributed by atoms with E-state index in [1.807, 2.05) is 0 Å². The Kier molecular flexibility index (Phi) is 4.94. The number of aromatic amines is 1. The molecule has 2 aliphatic rings. The van der Waals surface area contributed by atoms with Crippen LogP contribution in [0.2, 0.25) is 0 Å². The topological polar surface area (TPSA) is 74.8 Å². The molecular formula is C22H22FN3O2S. The van der Waals surface area contributed by atoms with Gasteiger partial charge in [-0.2, -0.15) is 0 Å². The standard InChI is InChI=1S/C22H22FN3O2S/c1-4-9-29-21-25-19-18(20(28)26-21)16(12-5-7-13(23)8-6-12)17-14(24-19)10-22(2,3)11-15(17)27/h4-8,16H,1,9-11H2,2-3H3,(H2,24,25,26,28). The molecule has 0 radical (unpaired) electrons. The van der Waals surface area contributed by atoms with Crippen LogP contribution in [0.3, 0.4) is 0 Å². The Morgan fingerprint density at radius 2 is 2.00 bits per heavy atom. The van der Waals surface area contributed by atoms with E-state index in [4.69, 9.17) is 0 Å². The SMILES string of the molecule is C=CCSc1nc2c(c(=O)[nH]1)C(c1ccc(F)cc1)C1=C(CC(C)(C)CC1=O)N2. The number of anilines is 1. The van der Waals surface area contributed by atoms with Crippen LogP contribution in [0.15, 0.2) is 58.1 Å². The van der Waals surface area contributed by atoms with Crippen molar-refractivity contribution < 1.29 is 9.18 Å². The second kappa shape index (κ2) is 7.30. The zero-order valence-corrected chi connectivity index (χ0v) is 17.2. The number of thioether (sulfide) groups is 1. The summed E-state index contributed by atoms with van der Waals surface area (Å²) >= 11 is 1.38.